The number of aryl methyl sites for hydroxylation is 2. The van der Waals surface area contributed by atoms with Crippen LogP contribution in [0, 0.1) is 32.1 Å². The Morgan fingerprint density at radius 1 is 1.33 bits per heavy atom. The van der Waals surface area contributed by atoms with Gasteiger partial charge in [-0.15, -0.1) is 0 Å². The maximum Gasteiger partial charge on any atom is 0.0997 e. The molecule has 0 saturated heterocycles. The highest BCUT2D eigenvalue weighted by atomic mass is 15.3. The molecule has 1 heterocycles. The van der Waals surface area contributed by atoms with Gasteiger partial charge in [-0.2, -0.15) is 5.26 Å². The Kier molecular flexibility index (Phi) is 3.29. The second-order valence-corrected chi connectivity index (χ2v) is 4.93. The number of nitrogens with zero attached hydrogens (tertiary/aromatic N) is 2. The van der Waals surface area contributed by atoms with Crippen LogP contribution in [-0.4, -0.2) is 11.1 Å². The summed E-state index contributed by atoms with van der Waals surface area (Å²) in [6.07, 6.45) is 4.35. The number of hydrogen-bond donors (Lipinski definition) is 1. The lowest BCUT2D eigenvalue weighted by molar-refractivity contribution is 0.289. The zero-order chi connectivity index (χ0) is 13.3. The van der Waals surface area contributed by atoms with Crippen LogP contribution >= 0.6 is 0 Å². The van der Waals surface area contributed by atoms with Crippen molar-refractivity contribution in [2.75, 3.05) is 0 Å². The molecule has 1 unspecified atom stereocenters. The van der Waals surface area contributed by atoms with Gasteiger partial charge in [0.05, 0.1) is 17.8 Å². The molecule has 1 aliphatic rings. The van der Waals surface area contributed by atoms with Crippen molar-refractivity contribution >= 4 is 0 Å². The smallest absolute Gasteiger partial charge is 0.0997 e. The first-order chi connectivity index (χ1) is 8.54. The van der Waals surface area contributed by atoms with E-state index in [1.165, 1.54) is 11.1 Å². The predicted molar refractivity (Wildman–Crippen MR) is 72.6 cm³/mol. The Labute approximate surface area is 109 Å². The lowest BCUT2D eigenvalue weighted by Crippen LogP contribution is -2.32. The molecule has 0 bridgehead atoms. The molecule has 0 radical (unpaired) electrons. The summed E-state index contributed by atoms with van der Waals surface area (Å²) in [5, 5.41) is 12.5. The van der Waals surface area contributed by atoms with Crippen molar-refractivity contribution in [3.63, 3.8) is 0 Å². The standard InChI is InChI=1S/C15H19N3/c1-10-7-11(2)15(12(3)14(10)8-16)9-18-6-5-17-13(18)4/h5-7,13,17H,9H2,1-4H3. The fourth-order valence-electron chi connectivity index (χ4n) is 2.52. The fourth-order valence-corrected chi connectivity index (χ4v) is 2.52. The number of benzene rings is 1. The van der Waals surface area contributed by atoms with Gasteiger partial charge in [-0.05, 0) is 49.9 Å². The SMILES string of the molecule is Cc1cc(C)c(CN2C=CNC2C)c(C)c1C#N. The molecule has 3 heteroatoms. The van der Waals surface area contributed by atoms with Gasteiger partial charge in [0.2, 0.25) is 0 Å². The van der Waals surface area contributed by atoms with Crippen LogP contribution < -0.4 is 5.32 Å². The van der Waals surface area contributed by atoms with E-state index < -0.39 is 0 Å². The molecule has 0 spiro atoms. The summed E-state index contributed by atoms with van der Waals surface area (Å²) in [6.45, 7) is 9.14. The molecule has 94 valence electrons. The van der Waals surface area contributed by atoms with Crippen LogP contribution in [0.5, 0.6) is 0 Å². The van der Waals surface area contributed by atoms with E-state index in [4.69, 9.17) is 0 Å². The molecule has 18 heavy (non-hydrogen) atoms. The van der Waals surface area contributed by atoms with Gasteiger partial charge in [0.25, 0.3) is 0 Å². The summed E-state index contributed by atoms with van der Waals surface area (Å²) in [4.78, 5) is 2.24. The van der Waals surface area contributed by atoms with Gasteiger partial charge in [0, 0.05) is 18.9 Å². The molecule has 0 aromatic heterocycles. The van der Waals surface area contributed by atoms with Crippen molar-refractivity contribution in [3.05, 3.63) is 46.3 Å². The van der Waals surface area contributed by atoms with E-state index >= 15 is 0 Å². The molecule has 1 aromatic rings. The predicted octanol–water partition coefficient (Wildman–Crippen LogP) is 2.71. The highest BCUT2D eigenvalue weighted by Crippen LogP contribution is 2.24. The molecule has 0 saturated carbocycles. The summed E-state index contributed by atoms with van der Waals surface area (Å²) in [6, 6.07) is 4.42. The van der Waals surface area contributed by atoms with Crippen LogP contribution in [0.1, 0.15) is 34.7 Å². The Morgan fingerprint density at radius 2 is 2.06 bits per heavy atom. The highest BCUT2D eigenvalue weighted by Gasteiger charge is 2.17. The van der Waals surface area contributed by atoms with Crippen LogP contribution in [0.4, 0.5) is 0 Å². The second-order valence-electron chi connectivity index (χ2n) is 4.93. The van der Waals surface area contributed by atoms with Gasteiger partial charge in [-0.3, -0.25) is 0 Å². The Morgan fingerprint density at radius 3 is 2.61 bits per heavy atom. The van der Waals surface area contributed by atoms with E-state index in [0.717, 1.165) is 23.2 Å². The van der Waals surface area contributed by atoms with Gasteiger partial charge in [-0.25, -0.2) is 0 Å². The average molecular weight is 241 g/mol. The minimum atomic E-state index is 0.315. The van der Waals surface area contributed by atoms with Gasteiger partial charge >= 0.3 is 0 Å². The van der Waals surface area contributed by atoms with E-state index in [0.29, 0.717) is 6.17 Å². The minimum absolute atomic E-state index is 0.315. The minimum Gasteiger partial charge on any atom is -0.370 e. The molecular formula is C15H19N3. The normalized spacial score (nSPS) is 17.7. The molecule has 0 fully saturated rings. The van der Waals surface area contributed by atoms with E-state index in [2.05, 4.69) is 42.4 Å². The van der Waals surface area contributed by atoms with E-state index in [1.54, 1.807) is 0 Å². The molecular weight excluding hydrogens is 222 g/mol. The molecule has 2 rings (SSSR count). The van der Waals surface area contributed by atoms with Crippen molar-refractivity contribution in [1.82, 2.24) is 10.2 Å². The van der Waals surface area contributed by atoms with Gasteiger partial charge < -0.3 is 10.2 Å². The van der Waals surface area contributed by atoms with Crippen LogP contribution in [-0.2, 0) is 6.54 Å². The van der Waals surface area contributed by atoms with E-state index in [1.807, 2.05) is 20.0 Å². The molecule has 1 aromatic carbocycles. The number of rotatable bonds is 2. The quantitative estimate of drug-likeness (QED) is 0.865. The van der Waals surface area contributed by atoms with Gasteiger partial charge in [0.1, 0.15) is 0 Å². The maximum absolute atomic E-state index is 9.24. The summed E-state index contributed by atoms with van der Waals surface area (Å²) in [5.41, 5.74) is 5.52. The zero-order valence-electron chi connectivity index (χ0n) is 11.4. The van der Waals surface area contributed by atoms with Crippen LogP contribution in [0.15, 0.2) is 18.5 Å². The molecule has 1 aliphatic heterocycles. The fraction of sp³-hybridized carbons (Fsp3) is 0.400. The molecule has 3 nitrogen and oxygen atoms in total. The van der Waals surface area contributed by atoms with Crippen molar-refractivity contribution < 1.29 is 0 Å². The average Bonchev–Trinajstić information content (AvgIpc) is 2.70. The first-order valence-electron chi connectivity index (χ1n) is 6.23. The molecule has 0 amide bonds. The lowest BCUT2D eigenvalue weighted by atomic mass is 9.94. The maximum atomic E-state index is 9.24. The summed E-state index contributed by atoms with van der Waals surface area (Å²) < 4.78 is 0. The number of hydrogen-bond acceptors (Lipinski definition) is 3. The Balaban J connectivity index is 2.39. The van der Waals surface area contributed by atoms with Crippen molar-refractivity contribution in [2.24, 2.45) is 0 Å². The Hall–Kier alpha value is -1.95. The van der Waals surface area contributed by atoms with Crippen molar-refractivity contribution in [3.8, 4) is 6.07 Å². The first kappa shape index (κ1) is 12.5. The highest BCUT2D eigenvalue weighted by molar-refractivity contribution is 5.50. The van der Waals surface area contributed by atoms with Crippen LogP contribution in [0.25, 0.3) is 0 Å². The summed E-state index contributed by atoms with van der Waals surface area (Å²) in [7, 11) is 0. The Bertz CT molecular complexity index is 538. The molecule has 1 atom stereocenters. The van der Waals surface area contributed by atoms with Crippen molar-refractivity contribution in [2.45, 2.75) is 40.4 Å². The van der Waals surface area contributed by atoms with Gasteiger partial charge in [-0.1, -0.05) is 6.07 Å². The van der Waals surface area contributed by atoms with Crippen molar-refractivity contribution in [1.29, 1.82) is 5.26 Å². The molecule has 1 N–H and O–H groups in total. The second kappa shape index (κ2) is 4.73. The number of nitrogens with one attached hydrogen (secondary N) is 1. The lowest BCUT2D eigenvalue weighted by Gasteiger charge is -2.24. The third-order valence-electron chi connectivity index (χ3n) is 3.68. The van der Waals surface area contributed by atoms with Crippen LogP contribution in [0.3, 0.4) is 0 Å². The van der Waals surface area contributed by atoms with Gasteiger partial charge in [0.15, 0.2) is 0 Å². The summed E-state index contributed by atoms with van der Waals surface area (Å²) >= 11 is 0. The van der Waals surface area contributed by atoms with E-state index in [-0.39, 0.29) is 0 Å². The first-order valence-corrected chi connectivity index (χ1v) is 6.23. The zero-order valence-corrected chi connectivity index (χ0v) is 11.4. The third-order valence-corrected chi connectivity index (χ3v) is 3.68. The summed E-state index contributed by atoms with van der Waals surface area (Å²) in [5.74, 6) is 0. The molecule has 0 aliphatic carbocycles. The topological polar surface area (TPSA) is 39.1 Å². The largest absolute Gasteiger partial charge is 0.370 e. The third kappa shape index (κ3) is 2.06. The van der Waals surface area contributed by atoms with Crippen LogP contribution in [0.2, 0.25) is 0 Å². The van der Waals surface area contributed by atoms with E-state index in [9.17, 15) is 5.26 Å². The monoisotopic (exact) mass is 241 g/mol. The number of nitriles is 1.